The van der Waals surface area contributed by atoms with Crippen LogP contribution in [0.3, 0.4) is 0 Å². The summed E-state index contributed by atoms with van der Waals surface area (Å²) in [5, 5.41) is 29.8. The van der Waals surface area contributed by atoms with E-state index in [2.05, 4.69) is 20.8 Å². The van der Waals surface area contributed by atoms with Gasteiger partial charge < -0.3 is 24.8 Å². The lowest BCUT2D eigenvalue weighted by Gasteiger charge is -2.12. The summed E-state index contributed by atoms with van der Waals surface area (Å²) in [5.41, 5.74) is 0. The van der Waals surface area contributed by atoms with Crippen LogP contribution in [0.25, 0.3) is 0 Å². The molecule has 0 fully saturated rings. The van der Waals surface area contributed by atoms with E-state index < -0.39 is 24.3 Å². The zero-order valence-corrected chi connectivity index (χ0v) is 31.8. The van der Waals surface area contributed by atoms with Crippen molar-refractivity contribution >= 4 is 11.9 Å². The molecule has 0 aliphatic rings. The quantitative estimate of drug-likeness (QED) is 0.0270. The molecule has 0 heterocycles. The Morgan fingerprint density at radius 2 is 1.10 bits per heavy atom. The Balaban J connectivity index is 3.73. The fourth-order valence-electron chi connectivity index (χ4n) is 5.07. The molecule has 0 aromatic carbocycles. The molecule has 7 nitrogen and oxygen atoms in total. The summed E-state index contributed by atoms with van der Waals surface area (Å²) in [6, 6.07) is 0. The predicted octanol–water partition coefficient (Wildman–Crippen LogP) is 9.97. The van der Waals surface area contributed by atoms with Gasteiger partial charge in [0.05, 0.1) is 12.2 Å². The van der Waals surface area contributed by atoms with E-state index in [1.165, 1.54) is 64.2 Å². The molecule has 0 radical (unpaired) electrons. The number of ether oxygens (including phenoxy) is 2. The number of carbonyl (C=O) groups is 2. The maximum Gasteiger partial charge on any atom is 0.305 e. The van der Waals surface area contributed by atoms with Crippen LogP contribution in [0.5, 0.6) is 0 Å². The molecule has 0 aliphatic carbocycles. The fraction of sp³-hybridized carbons (Fsp3) is 0.674. The van der Waals surface area contributed by atoms with E-state index in [0.29, 0.717) is 25.7 Å². The van der Waals surface area contributed by atoms with Gasteiger partial charge in [-0.15, -0.1) is 0 Å². The van der Waals surface area contributed by atoms with Gasteiger partial charge in [0.2, 0.25) is 0 Å². The molecule has 0 spiro atoms. The molecule has 3 atom stereocenters. The van der Waals surface area contributed by atoms with Gasteiger partial charge in [-0.2, -0.15) is 0 Å². The number of allylic oxidation sites excluding steroid dienone is 8. The van der Waals surface area contributed by atoms with Crippen LogP contribution in [-0.2, 0) is 19.1 Å². The average molecular weight is 701 g/mol. The normalized spacial score (nSPS) is 14.4. The van der Waals surface area contributed by atoms with Crippen LogP contribution in [0.1, 0.15) is 149 Å². The molecule has 0 aromatic rings. The Hall–Kier alpha value is -2.74. The summed E-state index contributed by atoms with van der Waals surface area (Å²) < 4.78 is 10.2. The second-order valence-electron chi connectivity index (χ2n) is 13.6. The smallest absolute Gasteiger partial charge is 0.305 e. The van der Waals surface area contributed by atoms with Crippen LogP contribution in [0.2, 0.25) is 0 Å². The van der Waals surface area contributed by atoms with Crippen LogP contribution >= 0.6 is 0 Å². The molecule has 0 aliphatic heterocycles. The van der Waals surface area contributed by atoms with E-state index in [-0.39, 0.29) is 25.6 Å². The van der Waals surface area contributed by atoms with Gasteiger partial charge in [0.15, 0.2) is 0 Å². The highest BCUT2D eigenvalue weighted by atomic mass is 16.6. The summed E-state index contributed by atoms with van der Waals surface area (Å²) in [5.74, 6) is 0.0821. The van der Waals surface area contributed by atoms with E-state index in [9.17, 15) is 24.9 Å². The first kappa shape index (κ1) is 47.3. The zero-order valence-electron chi connectivity index (χ0n) is 31.8. The van der Waals surface area contributed by atoms with Crippen molar-refractivity contribution in [3.8, 4) is 0 Å². The number of aliphatic hydroxyl groups is 3. The Labute approximate surface area is 305 Å². The Bertz CT molecular complexity index is 976. The Kier molecular flexibility index (Phi) is 34.1. The van der Waals surface area contributed by atoms with Gasteiger partial charge in [0.25, 0.3) is 0 Å². The van der Waals surface area contributed by atoms with Crippen molar-refractivity contribution in [2.75, 3.05) is 13.2 Å². The predicted molar refractivity (Wildman–Crippen MR) is 208 cm³/mol. The number of aliphatic hydroxyl groups excluding tert-OH is 3. The second-order valence-corrected chi connectivity index (χ2v) is 13.6. The van der Waals surface area contributed by atoms with Crippen molar-refractivity contribution in [2.24, 2.45) is 5.92 Å². The molecule has 286 valence electrons. The first-order chi connectivity index (χ1) is 24.2. The van der Waals surface area contributed by atoms with Gasteiger partial charge in [-0.1, -0.05) is 171 Å². The number of rotatable bonds is 33. The summed E-state index contributed by atoms with van der Waals surface area (Å²) >= 11 is 0. The molecule has 0 aromatic heterocycles. The fourth-order valence-corrected chi connectivity index (χ4v) is 5.07. The van der Waals surface area contributed by atoms with Crippen LogP contribution in [0.4, 0.5) is 0 Å². The monoisotopic (exact) mass is 701 g/mol. The Morgan fingerprint density at radius 3 is 1.66 bits per heavy atom. The van der Waals surface area contributed by atoms with E-state index in [0.717, 1.165) is 38.0 Å². The minimum Gasteiger partial charge on any atom is -0.463 e. The molecule has 0 amide bonds. The Morgan fingerprint density at radius 1 is 0.580 bits per heavy atom. The van der Waals surface area contributed by atoms with Crippen LogP contribution in [0, 0.1) is 5.92 Å². The molecule has 0 rings (SSSR count). The average Bonchev–Trinajstić information content (AvgIpc) is 3.09. The summed E-state index contributed by atoms with van der Waals surface area (Å²) in [6.07, 6.45) is 40.3. The summed E-state index contributed by atoms with van der Waals surface area (Å²) in [6.45, 7) is 6.27. The highest BCUT2D eigenvalue weighted by Crippen LogP contribution is 2.14. The highest BCUT2D eigenvalue weighted by molar-refractivity contribution is 5.69. The molecule has 0 bridgehead atoms. The lowest BCUT2D eigenvalue weighted by molar-refractivity contribution is -0.152. The van der Waals surface area contributed by atoms with Crippen molar-refractivity contribution in [3.05, 3.63) is 72.9 Å². The largest absolute Gasteiger partial charge is 0.463 e. The highest BCUT2D eigenvalue weighted by Gasteiger charge is 2.12. The molecular weight excluding hydrogens is 628 g/mol. The van der Waals surface area contributed by atoms with E-state index in [1.807, 2.05) is 48.6 Å². The van der Waals surface area contributed by atoms with Crippen LogP contribution in [-0.4, -0.2) is 58.8 Å². The minimum atomic E-state index is -1.04. The maximum atomic E-state index is 12.0. The van der Waals surface area contributed by atoms with Gasteiger partial charge >= 0.3 is 11.9 Å². The van der Waals surface area contributed by atoms with Gasteiger partial charge in [0, 0.05) is 12.8 Å². The minimum absolute atomic E-state index is 0.177. The van der Waals surface area contributed by atoms with E-state index in [4.69, 9.17) is 9.47 Å². The van der Waals surface area contributed by atoms with E-state index in [1.54, 1.807) is 24.3 Å². The summed E-state index contributed by atoms with van der Waals surface area (Å²) in [4.78, 5) is 23.9. The molecule has 7 heteroatoms. The van der Waals surface area contributed by atoms with Gasteiger partial charge in [-0.25, -0.2) is 0 Å². The number of hydrogen-bond donors (Lipinski definition) is 3. The topological polar surface area (TPSA) is 113 Å². The molecule has 0 saturated heterocycles. The first-order valence-electron chi connectivity index (χ1n) is 19.6. The number of unbranched alkanes of at least 4 members (excludes halogenated alkanes) is 12. The zero-order chi connectivity index (χ0) is 36.9. The first-order valence-corrected chi connectivity index (χ1v) is 19.6. The molecule has 3 N–H and O–H groups in total. The van der Waals surface area contributed by atoms with Crippen molar-refractivity contribution in [1.29, 1.82) is 0 Å². The third-order valence-corrected chi connectivity index (χ3v) is 8.06. The molecule has 50 heavy (non-hydrogen) atoms. The third kappa shape index (κ3) is 36.5. The van der Waals surface area contributed by atoms with E-state index >= 15 is 0 Å². The van der Waals surface area contributed by atoms with Crippen molar-refractivity contribution < 1.29 is 34.4 Å². The standard InChI is InChI=1S/C43H72O7/c1-4-5-22-30-39(44)31-24-18-14-12-15-19-25-32-40(45)33-26-21-28-35-43(48)50-37-41(46)36-49-42(47)34-27-20-16-11-9-7-6-8-10-13-17-23-29-38(2)3/h5,14-15,18-19,22,24-26,31-33,38-41,44-46H,4,6-13,16-17,20-21,23,27-30,34-37H2,1-3H3/b18-14-,19-15-,22-5-,31-24+,32-25+,33-26-/t39-,40-,41+/m1/s1. The molecule has 0 saturated carbocycles. The number of esters is 2. The molecule has 0 unspecified atom stereocenters. The number of hydrogen-bond acceptors (Lipinski definition) is 7. The van der Waals surface area contributed by atoms with Crippen molar-refractivity contribution in [2.45, 2.75) is 167 Å². The van der Waals surface area contributed by atoms with Crippen LogP contribution < -0.4 is 0 Å². The maximum absolute atomic E-state index is 12.0. The summed E-state index contributed by atoms with van der Waals surface area (Å²) in [7, 11) is 0. The lowest BCUT2D eigenvalue weighted by Crippen LogP contribution is -2.25. The van der Waals surface area contributed by atoms with Crippen molar-refractivity contribution in [3.63, 3.8) is 0 Å². The molecular formula is C43H72O7. The second kappa shape index (κ2) is 36.1. The van der Waals surface area contributed by atoms with Crippen LogP contribution in [0.15, 0.2) is 72.9 Å². The van der Waals surface area contributed by atoms with Gasteiger partial charge in [0.1, 0.15) is 19.3 Å². The third-order valence-electron chi connectivity index (χ3n) is 8.06. The van der Waals surface area contributed by atoms with Crippen molar-refractivity contribution in [1.82, 2.24) is 0 Å². The SMILES string of the molecule is CC/C=C\C[C@@H](O)/C=C/C=C\C/C=C\C=C\[C@@H](O)/C=C\CCCC(=O)OC[C@@H](O)COC(=O)CCCCCCCCCCCCCCC(C)C. The lowest BCUT2D eigenvalue weighted by atomic mass is 10.0. The van der Waals surface area contributed by atoms with Gasteiger partial charge in [-0.3, -0.25) is 9.59 Å². The number of carbonyl (C=O) groups excluding carboxylic acids is 2. The van der Waals surface area contributed by atoms with Gasteiger partial charge in [-0.05, 0) is 44.4 Å².